The third-order valence-corrected chi connectivity index (χ3v) is 2.55. The summed E-state index contributed by atoms with van der Waals surface area (Å²) in [6.07, 6.45) is 1.94. The molecule has 13 heavy (non-hydrogen) atoms. The van der Waals surface area contributed by atoms with Crippen LogP contribution in [-0.2, 0) is 9.53 Å². The molecule has 2 bridgehead atoms. The van der Waals surface area contributed by atoms with Crippen LogP contribution in [0.4, 0.5) is 8.78 Å². The molecular formula is C9H10F2O2. The molecule has 72 valence electrons. The van der Waals surface area contributed by atoms with Crippen LogP contribution in [0.2, 0.25) is 0 Å². The smallest absolute Gasteiger partial charge is 0.318 e. The first-order chi connectivity index (χ1) is 7.32. The summed E-state index contributed by atoms with van der Waals surface area (Å²) in [5.41, 5.74) is 0. The van der Waals surface area contributed by atoms with Crippen LogP contribution < -0.4 is 0 Å². The minimum atomic E-state index is -2.99. The zero-order valence-electron chi connectivity index (χ0n) is 9.61. The average Bonchev–Trinajstić information content (AvgIpc) is 2.56. The van der Waals surface area contributed by atoms with Gasteiger partial charge in [0.25, 0.3) is 0 Å². The van der Waals surface area contributed by atoms with Crippen molar-refractivity contribution in [1.82, 2.24) is 0 Å². The van der Waals surface area contributed by atoms with Crippen molar-refractivity contribution in [2.45, 2.75) is 19.6 Å². The minimum absolute atomic E-state index is 0.516. The maximum atomic E-state index is 12.1. The van der Waals surface area contributed by atoms with Crippen LogP contribution in [0.3, 0.4) is 0 Å². The molecule has 0 aromatic heterocycles. The number of rotatable bonds is 2. The molecular weight excluding hydrogens is 178 g/mol. The number of ether oxygens (including phenoxy) is 1. The molecule has 0 spiro atoms. The average molecular weight is 191 g/mol. The Morgan fingerprint density at radius 2 is 2.38 bits per heavy atom. The van der Waals surface area contributed by atoms with E-state index < -0.39 is 43.1 Å². The first kappa shape index (κ1) is 5.86. The van der Waals surface area contributed by atoms with Gasteiger partial charge in [-0.05, 0) is 0 Å². The van der Waals surface area contributed by atoms with Crippen LogP contribution in [0.25, 0.3) is 0 Å². The molecule has 0 saturated heterocycles. The van der Waals surface area contributed by atoms with E-state index in [4.69, 9.17) is 4.11 Å². The molecule has 0 N–H and O–H groups in total. The van der Waals surface area contributed by atoms with Gasteiger partial charge in [-0.1, -0.05) is 19.0 Å². The van der Waals surface area contributed by atoms with Gasteiger partial charge >= 0.3 is 6.61 Å². The monoisotopic (exact) mass is 191 g/mol. The van der Waals surface area contributed by atoms with Crippen molar-refractivity contribution in [2.24, 2.45) is 17.8 Å². The molecule has 4 heteroatoms. The molecule has 1 fully saturated rings. The maximum Gasteiger partial charge on any atom is 0.345 e. The van der Waals surface area contributed by atoms with E-state index in [1.807, 2.05) is 0 Å². The number of Topliss-reactive ketones (excluding diaryl/α,β-unsaturated/α-hetero) is 1. The zero-order valence-corrected chi connectivity index (χ0v) is 6.61. The summed E-state index contributed by atoms with van der Waals surface area (Å²) in [6, 6.07) is 0. The van der Waals surface area contributed by atoms with Crippen molar-refractivity contribution in [3.63, 3.8) is 0 Å². The summed E-state index contributed by atoms with van der Waals surface area (Å²) < 4.78 is 50.2. The largest absolute Gasteiger partial charge is 0.345 e. The minimum Gasteiger partial charge on any atom is -0.318 e. The second-order valence-corrected chi connectivity index (χ2v) is 3.23. The molecule has 0 aliphatic heterocycles. The first-order valence-corrected chi connectivity index (χ1v) is 3.98. The third-order valence-electron chi connectivity index (χ3n) is 2.55. The zero-order chi connectivity index (χ0) is 12.1. The molecule has 1 saturated carbocycles. The van der Waals surface area contributed by atoms with Gasteiger partial charge < -0.3 is 4.74 Å². The van der Waals surface area contributed by atoms with Gasteiger partial charge in [0, 0.05) is 15.9 Å². The molecule has 0 aromatic carbocycles. The first-order valence-electron chi connectivity index (χ1n) is 5.48. The van der Waals surface area contributed by atoms with Crippen molar-refractivity contribution in [1.29, 1.82) is 0 Å². The highest BCUT2D eigenvalue weighted by molar-refractivity contribution is 5.90. The topological polar surface area (TPSA) is 26.3 Å². The molecule has 0 radical (unpaired) electrons. The second kappa shape index (κ2) is 2.87. The number of carbonyl (C=O) groups is 1. The summed E-state index contributed by atoms with van der Waals surface area (Å²) in [4.78, 5) is 11.7. The van der Waals surface area contributed by atoms with Crippen LogP contribution in [0.15, 0.2) is 12.2 Å². The van der Waals surface area contributed by atoms with Gasteiger partial charge in [-0.2, -0.15) is 8.78 Å². The van der Waals surface area contributed by atoms with Gasteiger partial charge in [-0.15, -0.1) is 0 Å². The van der Waals surface area contributed by atoms with E-state index in [1.165, 1.54) is 12.2 Å². The molecule has 0 heterocycles. The third kappa shape index (κ3) is 1.20. The van der Waals surface area contributed by atoms with Crippen molar-refractivity contribution in [3.8, 4) is 0 Å². The summed E-state index contributed by atoms with van der Waals surface area (Å²) in [6.45, 7) is -5.44. The quantitative estimate of drug-likeness (QED) is 0.620. The Labute approximate surface area is 78.8 Å². The Balaban J connectivity index is 2.23. The summed E-state index contributed by atoms with van der Waals surface area (Å²) in [5, 5.41) is 0. The molecule has 2 rings (SSSR count). The fourth-order valence-electron chi connectivity index (χ4n) is 1.96. The lowest BCUT2D eigenvalue weighted by molar-refractivity contribution is -0.172. The highest BCUT2D eigenvalue weighted by atomic mass is 19.3. The molecule has 0 amide bonds. The molecule has 2 aliphatic rings. The van der Waals surface area contributed by atoms with E-state index in [9.17, 15) is 13.6 Å². The SMILES string of the molecule is [2H]C([2H])([2H])C1C(=O)[C@@H]2C=C[C@H]1C2OC(F)F. The number of hydrogen-bond acceptors (Lipinski definition) is 2. The molecule has 2 aliphatic carbocycles. The molecule has 4 atom stereocenters. The van der Waals surface area contributed by atoms with Crippen molar-refractivity contribution < 1.29 is 22.4 Å². The fraction of sp³-hybridized carbons (Fsp3) is 0.667. The lowest BCUT2D eigenvalue weighted by atomic mass is 9.95. The maximum absolute atomic E-state index is 12.1. The van der Waals surface area contributed by atoms with Gasteiger partial charge in [0.2, 0.25) is 0 Å². The Hall–Kier alpha value is -0.770. The second-order valence-electron chi connectivity index (χ2n) is 3.23. The van der Waals surface area contributed by atoms with Crippen molar-refractivity contribution in [3.05, 3.63) is 12.2 Å². The van der Waals surface area contributed by atoms with Crippen LogP contribution in [0.1, 0.15) is 11.0 Å². The number of fused-ring (bicyclic) bond motifs is 2. The number of carbonyl (C=O) groups excluding carboxylic acids is 1. The summed E-state index contributed by atoms with van der Waals surface area (Å²) >= 11 is 0. The molecule has 2 unspecified atom stereocenters. The van der Waals surface area contributed by atoms with Gasteiger partial charge in [-0.25, -0.2) is 0 Å². The van der Waals surface area contributed by atoms with E-state index in [2.05, 4.69) is 4.74 Å². The summed E-state index contributed by atoms with van der Waals surface area (Å²) in [7, 11) is 0. The summed E-state index contributed by atoms with van der Waals surface area (Å²) in [5.74, 6) is -3.30. The number of ketones is 1. The van der Waals surface area contributed by atoms with E-state index in [0.717, 1.165) is 0 Å². The lowest BCUT2D eigenvalue weighted by Crippen LogP contribution is -2.23. The van der Waals surface area contributed by atoms with Crippen LogP contribution >= 0.6 is 0 Å². The fourth-order valence-corrected chi connectivity index (χ4v) is 1.96. The highest BCUT2D eigenvalue weighted by Gasteiger charge is 2.50. The molecule has 2 nitrogen and oxygen atoms in total. The Bertz CT molecular complexity index is 340. The lowest BCUT2D eigenvalue weighted by Gasteiger charge is -2.15. The van der Waals surface area contributed by atoms with Gasteiger partial charge in [0.15, 0.2) is 0 Å². The standard InChI is InChI=1S/C9H10F2O2/c1-4-5-2-3-6(7(4)12)8(5)13-9(10)11/h2-6,8-9H,1H3/t4?,5-,6+,8?/m1/s1/i1D3. The van der Waals surface area contributed by atoms with E-state index >= 15 is 0 Å². The van der Waals surface area contributed by atoms with Crippen LogP contribution in [0, 0.1) is 17.8 Å². The van der Waals surface area contributed by atoms with E-state index in [1.54, 1.807) is 0 Å². The predicted octanol–water partition coefficient (Wildman–Crippen LogP) is 1.62. The Morgan fingerprint density at radius 1 is 1.62 bits per heavy atom. The van der Waals surface area contributed by atoms with Crippen molar-refractivity contribution in [2.75, 3.05) is 0 Å². The van der Waals surface area contributed by atoms with Gasteiger partial charge in [-0.3, -0.25) is 4.79 Å². The highest BCUT2D eigenvalue weighted by Crippen LogP contribution is 2.43. The van der Waals surface area contributed by atoms with Crippen molar-refractivity contribution >= 4 is 5.78 Å². The van der Waals surface area contributed by atoms with Crippen LogP contribution in [-0.4, -0.2) is 18.5 Å². The predicted molar refractivity (Wildman–Crippen MR) is 41.2 cm³/mol. The van der Waals surface area contributed by atoms with Crippen LogP contribution in [0.5, 0.6) is 0 Å². The number of hydrogen-bond donors (Lipinski definition) is 0. The number of halogens is 2. The normalized spacial score (nSPS) is 46.7. The van der Waals surface area contributed by atoms with E-state index in [0.29, 0.717) is 0 Å². The Kier molecular flexibility index (Phi) is 1.29. The molecule has 0 aromatic rings. The Morgan fingerprint density at radius 3 is 2.92 bits per heavy atom. The van der Waals surface area contributed by atoms with Gasteiger partial charge in [0.1, 0.15) is 5.78 Å². The van der Waals surface area contributed by atoms with Gasteiger partial charge in [0.05, 0.1) is 12.0 Å². The van der Waals surface area contributed by atoms with E-state index in [-0.39, 0.29) is 0 Å². The number of alkyl halides is 2.